The molecule has 1 unspecified atom stereocenters. The fourth-order valence-electron chi connectivity index (χ4n) is 2.83. The van der Waals surface area contributed by atoms with Crippen molar-refractivity contribution in [1.29, 1.82) is 0 Å². The van der Waals surface area contributed by atoms with Gasteiger partial charge in [0.1, 0.15) is 0 Å². The van der Waals surface area contributed by atoms with Gasteiger partial charge in [-0.25, -0.2) is 0 Å². The molecular weight excluding hydrogens is 344 g/mol. The quantitative estimate of drug-likeness (QED) is 0.330. The number of amides is 1. The Bertz CT molecular complexity index is 601. The molecule has 0 saturated carbocycles. The van der Waals surface area contributed by atoms with Crippen LogP contribution >= 0.6 is 0 Å². The third-order valence-corrected chi connectivity index (χ3v) is 4.34. The first kappa shape index (κ1) is 21.2. The Labute approximate surface area is 161 Å². The van der Waals surface area contributed by atoms with Crippen molar-refractivity contribution >= 4 is 17.6 Å². The van der Waals surface area contributed by atoms with E-state index in [9.17, 15) is 4.79 Å². The maximum absolute atomic E-state index is 12.1. The monoisotopic (exact) mass is 376 g/mol. The normalized spacial score (nSPS) is 17.0. The van der Waals surface area contributed by atoms with E-state index in [0.717, 1.165) is 44.5 Å². The zero-order valence-electron chi connectivity index (χ0n) is 16.4. The van der Waals surface area contributed by atoms with Crippen LogP contribution in [0.4, 0.5) is 5.69 Å². The lowest BCUT2D eigenvalue weighted by atomic mass is 10.1. The van der Waals surface area contributed by atoms with Gasteiger partial charge in [0, 0.05) is 32.5 Å². The molecule has 1 aromatic rings. The third kappa shape index (κ3) is 8.41. The van der Waals surface area contributed by atoms with E-state index in [-0.39, 0.29) is 18.6 Å². The van der Waals surface area contributed by atoms with Crippen LogP contribution in [-0.4, -0.2) is 57.9 Å². The van der Waals surface area contributed by atoms with Gasteiger partial charge in [0.05, 0.1) is 19.3 Å². The van der Waals surface area contributed by atoms with Crippen LogP contribution in [0.5, 0.6) is 0 Å². The van der Waals surface area contributed by atoms with Crippen LogP contribution in [0.3, 0.4) is 0 Å². The number of nitrogens with one attached hydrogen (secondary N) is 3. The predicted octanol–water partition coefficient (Wildman–Crippen LogP) is 1.94. The summed E-state index contributed by atoms with van der Waals surface area (Å²) >= 11 is 0. The molecule has 1 aliphatic heterocycles. The largest absolute Gasteiger partial charge is 0.379 e. The molecular formula is C20H32N4O3. The van der Waals surface area contributed by atoms with Crippen molar-refractivity contribution in [2.45, 2.75) is 38.7 Å². The van der Waals surface area contributed by atoms with E-state index in [0.29, 0.717) is 19.2 Å². The van der Waals surface area contributed by atoms with Crippen LogP contribution in [0.2, 0.25) is 0 Å². The van der Waals surface area contributed by atoms with Crippen molar-refractivity contribution in [2.24, 2.45) is 4.99 Å². The summed E-state index contributed by atoms with van der Waals surface area (Å²) in [4.78, 5) is 16.2. The number of aliphatic imine (C=N–C) groups is 1. The Balaban J connectivity index is 1.56. The molecule has 0 radical (unpaired) electrons. The summed E-state index contributed by atoms with van der Waals surface area (Å²) < 4.78 is 11.1. The molecule has 2 rings (SSSR count). The molecule has 1 aromatic carbocycles. The lowest BCUT2D eigenvalue weighted by Gasteiger charge is -2.13. The Morgan fingerprint density at radius 3 is 3.00 bits per heavy atom. The third-order valence-electron chi connectivity index (χ3n) is 4.34. The molecule has 0 spiro atoms. The fourth-order valence-corrected chi connectivity index (χ4v) is 2.83. The van der Waals surface area contributed by atoms with Gasteiger partial charge in [-0.3, -0.25) is 9.79 Å². The molecule has 1 atom stereocenters. The molecule has 7 nitrogen and oxygen atoms in total. The van der Waals surface area contributed by atoms with Gasteiger partial charge in [-0.15, -0.1) is 0 Å². The highest BCUT2D eigenvalue weighted by Crippen LogP contribution is 2.12. The minimum absolute atomic E-state index is 0.105. The maximum Gasteiger partial charge on any atom is 0.243 e. The van der Waals surface area contributed by atoms with Crippen molar-refractivity contribution in [2.75, 3.05) is 45.3 Å². The Kier molecular flexibility index (Phi) is 9.65. The van der Waals surface area contributed by atoms with Gasteiger partial charge >= 0.3 is 0 Å². The van der Waals surface area contributed by atoms with Crippen LogP contribution in [-0.2, 0) is 20.7 Å². The molecule has 1 amide bonds. The number of benzene rings is 1. The van der Waals surface area contributed by atoms with E-state index in [1.807, 2.05) is 24.3 Å². The molecule has 0 aliphatic carbocycles. The minimum atomic E-state index is -0.105. The van der Waals surface area contributed by atoms with E-state index in [1.54, 1.807) is 7.05 Å². The fraction of sp³-hybridized carbons (Fsp3) is 0.600. The number of anilines is 1. The van der Waals surface area contributed by atoms with Gasteiger partial charge in [0.15, 0.2) is 5.96 Å². The van der Waals surface area contributed by atoms with Gasteiger partial charge in [0.2, 0.25) is 5.91 Å². The summed E-state index contributed by atoms with van der Waals surface area (Å²) in [5.41, 5.74) is 2.01. The lowest BCUT2D eigenvalue weighted by Crippen LogP contribution is -2.41. The van der Waals surface area contributed by atoms with Crippen molar-refractivity contribution in [1.82, 2.24) is 10.6 Å². The van der Waals surface area contributed by atoms with E-state index in [2.05, 4.69) is 27.9 Å². The summed E-state index contributed by atoms with van der Waals surface area (Å²) in [6.45, 7) is 5.18. The molecule has 1 heterocycles. The Hall–Kier alpha value is -2.12. The average Bonchev–Trinajstić information content (AvgIpc) is 3.20. The number of carbonyl (C=O) groups excluding carboxylic acids is 1. The van der Waals surface area contributed by atoms with Gasteiger partial charge in [-0.05, 0) is 43.4 Å². The summed E-state index contributed by atoms with van der Waals surface area (Å²) in [7, 11) is 1.69. The van der Waals surface area contributed by atoms with Gasteiger partial charge in [-0.1, -0.05) is 19.1 Å². The molecule has 1 saturated heterocycles. The van der Waals surface area contributed by atoms with Crippen LogP contribution in [0.1, 0.15) is 31.7 Å². The van der Waals surface area contributed by atoms with Gasteiger partial charge in [-0.2, -0.15) is 0 Å². The van der Waals surface area contributed by atoms with Crippen LogP contribution in [0.15, 0.2) is 29.3 Å². The summed E-state index contributed by atoms with van der Waals surface area (Å²) in [5, 5.41) is 9.09. The number of nitrogens with zero attached hydrogens (tertiary/aromatic N) is 1. The van der Waals surface area contributed by atoms with Gasteiger partial charge < -0.3 is 25.4 Å². The zero-order valence-corrected chi connectivity index (χ0v) is 16.4. The summed E-state index contributed by atoms with van der Waals surface area (Å²) in [5.74, 6) is 0.498. The molecule has 7 heteroatoms. The molecule has 1 fully saturated rings. The minimum Gasteiger partial charge on any atom is -0.379 e. The zero-order chi connectivity index (χ0) is 19.3. The topological polar surface area (TPSA) is 84.0 Å². The number of rotatable bonds is 10. The molecule has 0 aromatic heterocycles. The SMILES string of the molecule is CCc1cccc(NC(=O)CNC(=NC)NCCCOCC2CCCO2)c1. The first-order valence-corrected chi connectivity index (χ1v) is 9.74. The average molecular weight is 377 g/mol. The molecule has 150 valence electrons. The van der Waals surface area contributed by atoms with Crippen molar-refractivity contribution < 1.29 is 14.3 Å². The highest BCUT2D eigenvalue weighted by atomic mass is 16.5. The molecule has 1 aliphatic rings. The van der Waals surface area contributed by atoms with Crippen molar-refractivity contribution in [3.8, 4) is 0 Å². The van der Waals surface area contributed by atoms with E-state index < -0.39 is 0 Å². The van der Waals surface area contributed by atoms with Crippen LogP contribution < -0.4 is 16.0 Å². The summed E-state index contributed by atoms with van der Waals surface area (Å²) in [6.07, 6.45) is 4.30. The standard InChI is InChI=1S/C20H32N4O3/c1-3-16-7-4-8-17(13-16)24-19(25)14-23-20(21-2)22-10-6-11-26-15-18-9-5-12-27-18/h4,7-8,13,18H,3,5-6,9-12,14-15H2,1-2H3,(H,24,25)(H2,21,22,23). The second-order valence-corrected chi connectivity index (χ2v) is 6.52. The van der Waals surface area contributed by atoms with E-state index in [1.165, 1.54) is 5.56 Å². The summed E-state index contributed by atoms with van der Waals surface area (Å²) in [6, 6.07) is 7.87. The van der Waals surface area contributed by atoms with Crippen molar-refractivity contribution in [3.05, 3.63) is 29.8 Å². The predicted molar refractivity (Wildman–Crippen MR) is 108 cm³/mol. The van der Waals surface area contributed by atoms with Gasteiger partial charge in [0.25, 0.3) is 0 Å². The number of aryl methyl sites for hydroxylation is 1. The number of hydrogen-bond donors (Lipinski definition) is 3. The number of carbonyl (C=O) groups is 1. The first-order valence-electron chi connectivity index (χ1n) is 9.74. The highest BCUT2D eigenvalue weighted by molar-refractivity contribution is 5.95. The number of hydrogen-bond acceptors (Lipinski definition) is 4. The lowest BCUT2D eigenvalue weighted by molar-refractivity contribution is -0.115. The number of ether oxygens (including phenoxy) is 2. The maximum atomic E-state index is 12.1. The highest BCUT2D eigenvalue weighted by Gasteiger charge is 2.14. The number of guanidine groups is 1. The van der Waals surface area contributed by atoms with E-state index >= 15 is 0 Å². The Morgan fingerprint density at radius 2 is 2.26 bits per heavy atom. The van der Waals surface area contributed by atoms with Crippen molar-refractivity contribution in [3.63, 3.8) is 0 Å². The van der Waals surface area contributed by atoms with E-state index in [4.69, 9.17) is 9.47 Å². The first-order chi connectivity index (χ1) is 13.2. The molecule has 27 heavy (non-hydrogen) atoms. The molecule has 3 N–H and O–H groups in total. The van der Waals surface area contributed by atoms with Crippen LogP contribution in [0, 0.1) is 0 Å². The molecule has 0 bridgehead atoms. The van der Waals surface area contributed by atoms with Crippen LogP contribution in [0.25, 0.3) is 0 Å². The second kappa shape index (κ2) is 12.3. The second-order valence-electron chi connectivity index (χ2n) is 6.52. The smallest absolute Gasteiger partial charge is 0.243 e. The Morgan fingerprint density at radius 1 is 1.37 bits per heavy atom.